The van der Waals surface area contributed by atoms with Crippen LogP contribution >= 0.6 is 0 Å². The molecule has 14 heavy (non-hydrogen) atoms. The Kier molecular flexibility index (Phi) is 7.77. The molecule has 1 N–H and O–H groups in total. The normalized spacial score (nSPS) is 15.1. The first-order valence-electron chi connectivity index (χ1n) is 5.81. The topological polar surface area (TPSA) is 29.1 Å². The maximum absolute atomic E-state index is 11.2. The van der Waals surface area contributed by atoms with Crippen LogP contribution in [0.3, 0.4) is 0 Å². The molecule has 0 bridgehead atoms. The Morgan fingerprint density at radius 2 is 1.93 bits per heavy atom. The molecule has 2 heteroatoms. The summed E-state index contributed by atoms with van der Waals surface area (Å²) in [4.78, 5) is 11.2. The largest absolute Gasteiger partial charge is 0.310 e. The van der Waals surface area contributed by atoms with E-state index in [1.165, 1.54) is 25.7 Å². The molecular weight excluding hydrogens is 174 g/mol. The number of ketones is 1. The average Bonchev–Trinajstić information content (AvgIpc) is 2.13. The van der Waals surface area contributed by atoms with Crippen molar-refractivity contribution in [3.63, 3.8) is 0 Å². The van der Waals surface area contributed by atoms with Gasteiger partial charge in [0.1, 0.15) is 5.78 Å². The molecule has 0 saturated heterocycles. The van der Waals surface area contributed by atoms with E-state index in [1.807, 2.05) is 7.05 Å². The fourth-order valence-electron chi connectivity index (χ4n) is 1.95. The fraction of sp³-hybridized carbons (Fsp3) is 0.917. The number of Topliss-reactive ketones (excluding diaryl/α,β-unsaturated/α-hetero) is 1. The minimum absolute atomic E-state index is 0.0524. The number of nitrogens with one attached hydrogen (secondary N) is 1. The Morgan fingerprint density at radius 1 is 1.29 bits per heavy atom. The van der Waals surface area contributed by atoms with Gasteiger partial charge in [0.25, 0.3) is 0 Å². The summed E-state index contributed by atoms with van der Waals surface area (Å²) in [7, 11) is 1.87. The van der Waals surface area contributed by atoms with Crippen molar-refractivity contribution in [3.05, 3.63) is 0 Å². The Hall–Kier alpha value is -0.370. The van der Waals surface area contributed by atoms with Gasteiger partial charge in [-0.3, -0.25) is 4.79 Å². The first-order valence-corrected chi connectivity index (χ1v) is 5.81. The van der Waals surface area contributed by atoms with E-state index >= 15 is 0 Å². The van der Waals surface area contributed by atoms with Gasteiger partial charge in [-0.1, -0.05) is 39.5 Å². The highest BCUT2D eigenvalue weighted by Gasteiger charge is 2.18. The van der Waals surface area contributed by atoms with E-state index in [9.17, 15) is 4.79 Å². The Balaban J connectivity index is 3.69. The van der Waals surface area contributed by atoms with Gasteiger partial charge in [0, 0.05) is 0 Å². The first-order chi connectivity index (χ1) is 6.63. The van der Waals surface area contributed by atoms with E-state index in [4.69, 9.17) is 0 Å². The third-order valence-electron chi connectivity index (χ3n) is 2.83. The summed E-state index contributed by atoms with van der Waals surface area (Å²) in [5.41, 5.74) is 0. The maximum Gasteiger partial charge on any atom is 0.146 e. The number of unbranched alkanes of at least 4 members (excludes halogenated alkanes) is 3. The van der Waals surface area contributed by atoms with Gasteiger partial charge in [-0.2, -0.15) is 0 Å². The molecule has 0 aliphatic carbocycles. The summed E-state index contributed by atoms with van der Waals surface area (Å²) < 4.78 is 0. The standard InChI is InChI=1S/C12H25NO/c1-5-6-7-8-9-10(2)12(13-4)11(3)14/h10,12-13H,5-9H2,1-4H3. The molecule has 0 radical (unpaired) electrons. The van der Waals surface area contributed by atoms with Crippen LogP contribution < -0.4 is 5.32 Å². The second-order valence-electron chi connectivity index (χ2n) is 4.20. The van der Waals surface area contributed by atoms with Crippen LogP contribution in [0.15, 0.2) is 0 Å². The minimum Gasteiger partial charge on any atom is -0.310 e. The molecule has 0 aliphatic rings. The van der Waals surface area contributed by atoms with Gasteiger partial charge >= 0.3 is 0 Å². The first kappa shape index (κ1) is 13.6. The van der Waals surface area contributed by atoms with E-state index in [-0.39, 0.29) is 11.8 Å². The molecular formula is C12H25NO. The van der Waals surface area contributed by atoms with Crippen LogP contribution in [0.1, 0.15) is 52.9 Å². The van der Waals surface area contributed by atoms with Gasteiger partial charge in [0.05, 0.1) is 6.04 Å². The van der Waals surface area contributed by atoms with Crippen molar-refractivity contribution in [1.29, 1.82) is 0 Å². The van der Waals surface area contributed by atoms with Gasteiger partial charge in [-0.05, 0) is 26.3 Å². The Labute approximate surface area is 88.5 Å². The summed E-state index contributed by atoms with van der Waals surface area (Å²) in [5, 5.41) is 3.09. The molecule has 0 spiro atoms. The Bertz CT molecular complexity index is 156. The van der Waals surface area contributed by atoms with Gasteiger partial charge < -0.3 is 5.32 Å². The molecule has 0 aromatic carbocycles. The number of carbonyl (C=O) groups excluding carboxylic acids is 1. The molecule has 0 aromatic rings. The lowest BCUT2D eigenvalue weighted by Crippen LogP contribution is -2.38. The van der Waals surface area contributed by atoms with Gasteiger partial charge in [0.2, 0.25) is 0 Å². The van der Waals surface area contributed by atoms with E-state index in [0.29, 0.717) is 5.92 Å². The second-order valence-corrected chi connectivity index (χ2v) is 4.20. The van der Waals surface area contributed by atoms with Crippen molar-refractivity contribution in [3.8, 4) is 0 Å². The second kappa shape index (κ2) is 7.98. The third kappa shape index (κ3) is 5.38. The van der Waals surface area contributed by atoms with E-state index in [1.54, 1.807) is 6.92 Å². The van der Waals surface area contributed by atoms with Crippen LogP contribution in [0, 0.1) is 5.92 Å². The highest BCUT2D eigenvalue weighted by molar-refractivity contribution is 5.81. The number of rotatable bonds is 8. The zero-order chi connectivity index (χ0) is 11.0. The zero-order valence-electron chi connectivity index (χ0n) is 10.1. The van der Waals surface area contributed by atoms with Crippen LogP contribution in [0.4, 0.5) is 0 Å². The van der Waals surface area contributed by atoms with Crippen LogP contribution in [0.5, 0.6) is 0 Å². The highest BCUT2D eigenvalue weighted by Crippen LogP contribution is 2.14. The number of likely N-dealkylation sites (N-methyl/N-ethyl adjacent to an activating group) is 1. The van der Waals surface area contributed by atoms with Crippen molar-refractivity contribution in [2.24, 2.45) is 5.92 Å². The minimum atomic E-state index is 0.0524. The summed E-state index contributed by atoms with van der Waals surface area (Å²) in [6.45, 7) is 6.05. The molecule has 0 rings (SSSR count). The van der Waals surface area contributed by atoms with Crippen molar-refractivity contribution < 1.29 is 4.79 Å². The van der Waals surface area contributed by atoms with Gasteiger partial charge in [-0.15, -0.1) is 0 Å². The summed E-state index contributed by atoms with van der Waals surface area (Å²) >= 11 is 0. The monoisotopic (exact) mass is 199 g/mol. The van der Waals surface area contributed by atoms with Crippen LogP contribution in [0.25, 0.3) is 0 Å². The quantitative estimate of drug-likeness (QED) is 0.609. The lowest BCUT2D eigenvalue weighted by Gasteiger charge is -2.20. The Morgan fingerprint density at radius 3 is 2.36 bits per heavy atom. The van der Waals surface area contributed by atoms with Crippen LogP contribution in [-0.2, 0) is 4.79 Å². The molecule has 0 fully saturated rings. The molecule has 2 atom stereocenters. The molecule has 84 valence electrons. The number of carbonyl (C=O) groups is 1. The summed E-state index contributed by atoms with van der Waals surface area (Å²) in [5.74, 6) is 0.727. The van der Waals surface area contributed by atoms with Crippen LogP contribution in [0.2, 0.25) is 0 Å². The zero-order valence-corrected chi connectivity index (χ0v) is 10.1. The molecule has 2 nitrogen and oxygen atoms in total. The third-order valence-corrected chi connectivity index (χ3v) is 2.83. The van der Waals surface area contributed by atoms with Gasteiger partial charge in [-0.25, -0.2) is 0 Å². The number of hydrogen-bond acceptors (Lipinski definition) is 2. The SMILES string of the molecule is CCCCCCC(C)C(NC)C(C)=O. The van der Waals surface area contributed by atoms with Crippen molar-refractivity contribution in [1.82, 2.24) is 5.32 Å². The smallest absolute Gasteiger partial charge is 0.146 e. The van der Waals surface area contributed by atoms with Crippen molar-refractivity contribution >= 4 is 5.78 Å². The van der Waals surface area contributed by atoms with E-state index in [0.717, 1.165) is 6.42 Å². The summed E-state index contributed by atoms with van der Waals surface area (Å²) in [6.07, 6.45) is 6.30. The van der Waals surface area contributed by atoms with Crippen LogP contribution in [-0.4, -0.2) is 18.9 Å². The predicted molar refractivity (Wildman–Crippen MR) is 61.5 cm³/mol. The fourth-order valence-corrected chi connectivity index (χ4v) is 1.95. The summed E-state index contributed by atoms with van der Waals surface area (Å²) in [6, 6.07) is 0.0524. The molecule has 0 saturated carbocycles. The maximum atomic E-state index is 11.2. The average molecular weight is 199 g/mol. The molecule has 0 aromatic heterocycles. The van der Waals surface area contributed by atoms with Gasteiger partial charge in [0.15, 0.2) is 0 Å². The lowest BCUT2D eigenvalue weighted by molar-refractivity contribution is -0.120. The molecule has 0 heterocycles. The predicted octanol–water partition coefficient (Wildman–Crippen LogP) is 2.77. The highest BCUT2D eigenvalue weighted by atomic mass is 16.1. The van der Waals surface area contributed by atoms with Crippen molar-refractivity contribution in [2.45, 2.75) is 58.9 Å². The molecule has 0 aliphatic heterocycles. The lowest BCUT2D eigenvalue weighted by atomic mass is 9.93. The molecule has 0 amide bonds. The van der Waals surface area contributed by atoms with E-state index in [2.05, 4.69) is 19.2 Å². The molecule has 2 unspecified atom stereocenters. The number of hydrogen-bond donors (Lipinski definition) is 1. The van der Waals surface area contributed by atoms with E-state index < -0.39 is 0 Å². The van der Waals surface area contributed by atoms with Crippen molar-refractivity contribution in [2.75, 3.05) is 7.05 Å².